The molecule has 0 unspecified atom stereocenters. The van der Waals surface area contributed by atoms with Crippen molar-refractivity contribution in [3.05, 3.63) is 17.6 Å². The molecule has 6 nitrogen and oxygen atoms in total. The van der Waals surface area contributed by atoms with E-state index in [4.69, 9.17) is 15.7 Å². The van der Waals surface area contributed by atoms with E-state index in [1.165, 1.54) is 7.11 Å². The fourth-order valence-corrected chi connectivity index (χ4v) is 1.10. The first-order valence-corrected chi connectivity index (χ1v) is 4.56. The normalized spacial score (nSPS) is 11.5. The third-order valence-electron chi connectivity index (χ3n) is 1.82. The van der Waals surface area contributed by atoms with E-state index >= 15 is 0 Å². The van der Waals surface area contributed by atoms with Crippen molar-refractivity contribution in [3.63, 3.8) is 0 Å². The van der Waals surface area contributed by atoms with E-state index in [1.54, 1.807) is 6.07 Å². The number of nitrogens with two attached hydrogens (primary N) is 1. The van der Waals surface area contributed by atoms with Crippen LogP contribution in [0.25, 0.3) is 0 Å². The van der Waals surface area contributed by atoms with Crippen LogP contribution in [0.15, 0.2) is 11.2 Å². The van der Waals surface area contributed by atoms with Gasteiger partial charge in [0.05, 0.1) is 19.2 Å². The van der Waals surface area contributed by atoms with Crippen molar-refractivity contribution in [2.24, 2.45) is 10.9 Å². The molecule has 0 saturated heterocycles. The van der Waals surface area contributed by atoms with Crippen molar-refractivity contribution >= 4 is 5.84 Å². The Morgan fingerprint density at radius 2 is 2.33 bits per heavy atom. The summed E-state index contributed by atoms with van der Waals surface area (Å²) in [5.41, 5.74) is 6.06. The van der Waals surface area contributed by atoms with Crippen LogP contribution in [0.1, 0.15) is 18.4 Å². The number of hydrogen-bond acceptors (Lipinski definition) is 5. The molecule has 0 spiro atoms. The molecule has 1 rings (SSSR count). The highest BCUT2D eigenvalue weighted by Crippen LogP contribution is 2.09. The first-order chi connectivity index (χ1) is 7.19. The highest BCUT2D eigenvalue weighted by Gasteiger charge is 2.05. The van der Waals surface area contributed by atoms with Crippen LogP contribution in [0.4, 0.5) is 0 Å². The summed E-state index contributed by atoms with van der Waals surface area (Å²) in [6.45, 7) is 1.95. The number of amidine groups is 1. The van der Waals surface area contributed by atoms with Gasteiger partial charge in [-0.05, 0) is 0 Å². The SMILES string of the molecule is CCc1nc(C/C(N)=N/O)cc(OC)n1. The number of hydrogen-bond donors (Lipinski definition) is 2. The summed E-state index contributed by atoms with van der Waals surface area (Å²) in [5, 5.41) is 11.3. The summed E-state index contributed by atoms with van der Waals surface area (Å²) in [5.74, 6) is 1.27. The number of rotatable bonds is 4. The molecule has 0 aliphatic carbocycles. The van der Waals surface area contributed by atoms with Crippen molar-refractivity contribution in [2.45, 2.75) is 19.8 Å². The highest BCUT2D eigenvalue weighted by molar-refractivity contribution is 5.81. The third kappa shape index (κ3) is 3.08. The van der Waals surface area contributed by atoms with E-state index in [0.717, 1.165) is 0 Å². The average Bonchev–Trinajstić information content (AvgIpc) is 2.28. The van der Waals surface area contributed by atoms with Gasteiger partial charge >= 0.3 is 0 Å². The topological polar surface area (TPSA) is 93.6 Å². The second kappa shape index (κ2) is 5.14. The Labute approximate surface area is 87.8 Å². The number of oxime groups is 1. The average molecular weight is 210 g/mol. The fraction of sp³-hybridized carbons (Fsp3) is 0.444. The van der Waals surface area contributed by atoms with Crippen LogP contribution in [-0.2, 0) is 12.8 Å². The zero-order valence-electron chi connectivity index (χ0n) is 8.77. The third-order valence-corrected chi connectivity index (χ3v) is 1.82. The Hall–Kier alpha value is -1.85. The smallest absolute Gasteiger partial charge is 0.216 e. The molecule has 0 aromatic carbocycles. The molecule has 82 valence electrons. The number of aromatic nitrogens is 2. The maximum Gasteiger partial charge on any atom is 0.216 e. The molecule has 1 aromatic rings. The first kappa shape index (κ1) is 11.2. The Morgan fingerprint density at radius 1 is 1.60 bits per heavy atom. The molecule has 6 heteroatoms. The van der Waals surface area contributed by atoms with Gasteiger partial charge in [-0.15, -0.1) is 0 Å². The predicted octanol–water partition coefficient (Wildman–Crippen LogP) is 0.336. The Bertz CT molecular complexity index is 343. The molecule has 1 aromatic heterocycles. The summed E-state index contributed by atoms with van der Waals surface area (Å²) in [7, 11) is 1.54. The summed E-state index contributed by atoms with van der Waals surface area (Å²) >= 11 is 0. The number of aryl methyl sites for hydroxylation is 1. The van der Waals surface area contributed by atoms with Gasteiger partial charge in [-0.2, -0.15) is 4.98 Å². The van der Waals surface area contributed by atoms with Crippen LogP contribution in [-0.4, -0.2) is 28.1 Å². The lowest BCUT2D eigenvalue weighted by Gasteiger charge is -2.05. The molecule has 1 heterocycles. The van der Waals surface area contributed by atoms with Crippen molar-refractivity contribution in [2.75, 3.05) is 7.11 Å². The molecule has 0 radical (unpaired) electrons. The number of methoxy groups -OCH3 is 1. The van der Waals surface area contributed by atoms with Crippen molar-refractivity contribution in [1.82, 2.24) is 9.97 Å². The lowest BCUT2D eigenvalue weighted by atomic mass is 10.2. The van der Waals surface area contributed by atoms with E-state index < -0.39 is 0 Å². The van der Waals surface area contributed by atoms with E-state index in [2.05, 4.69) is 15.1 Å². The van der Waals surface area contributed by atoms with E-state index in [0.29, 0.717) is 23.8 Å². The van der Waals surface area contributed by atoms with Gasteiger partial charge in [0.15, 0.2) is 0 Å². The molecule has 0 fully saturated rings. The quantitative estimate of drug-likeness (QED) is 0.323. The van der Waals surface area contributed by atoms with Gasteiger partial charge in [-0.3, -0.25) is 0 Å². The number of nitrogens with zero attached hydrogens (tertiary/aromatic N) is 3. The molecule has 0 atom stereocenters. The summed E-state index contributed by atoms with van der Waals surface area (Å²) in [6, 6.07) is 1.66. The second-order valence-corrected chi connectivity index (χ2v) is 2.94. The highest BCUT2D eigenvalue weighted by atomic mass is 16.5. The maximum atomic E-state index is 8.44. The van der Waals surface area contributed by atoms with E-state index in [-0.39, 0.29) is 12.3 Å². The monoisotopic (exact) mass is 210 g/mol. The minimum absolute atomic E-state index is 0.109. The largest absolute Gasteiger partial charge is 0.481 e. The van der Waals surface area contributed by atoms with Gasteiger partial charge in [0.2, 0.25) is 5.88 Å². The summed E-state index contributed by atoms with van der Waals surface area (Å²) < 4.78 is 5.02. The summed E-state index contributed by atoms with van der Waals surface area (Å²) in [6.07, 6.45) is 0.989. The number of ether oxygens (including phenoxy) is 1. The van der Waals surface area contributed by atoms with Gasteiger partial charge in [0, 0.05) is 12.5 Å². The fourth-order valence-electron chi connectivity index (χ4n) is 1.10. The predicted molar refractivity (Wildman–Crippen MR) is 55.1 cm³/mol. The molecule has 0 aliphatic rings. The van der Waals surface area contributed by atoms with Crippen LogP contribution < -0.4 is 10.5 Å². The molecule has 0 amide bonds. The Balaban J connectivity index is 2.96. The van der Waals surface area contributed by atoms with Gasteiger partial charge in [0.25, 0.3) is 0 Å². The molecule has 0 saturated carbocycles. The van der Waals surface area contributed by atoms with Crippen molar-refractivity contribution in [3.8, 4) is 5.88 Å². The Morgan fingerprint density at radius 3 is 2.87 bits per heavy atom. The zero-order valence-corrected chi connectivity index (χ0v) is 8.77. The lowest BCUT2D eigenvalue weighted by Crippen LogP contribution is -2.16. The lowest BCUT2D eigenvalue weighted by molar-refractivity contribution is 0.317. The van der Waals surface area contributed by atoms with Gasteiger partial charge in [-0.1, -0.05) is 12.1 Å². The van der Waals surface area contributed by atoms with Gasteiger partial charge < -0.3 is 15.7 Å². The zero-order chi connectivity index (χ0) is 11.3. The van der Waals surface area contributed by atoms with E-state index in [9.17, 15) is 0 Å². The van der Waals surface area contributed by atoms with Gasteiger partial charge in [0.1, 0.15) is 11.7 Å². The standard InChI is InChI=1S/C9H14N4O2/c1-3-8-11-6(4-7(10)13-14)5-9(12-8)15-2/h5,14H,3-4H2,1-2H3,(H2,10,13). The van der Waals surface area contributed by atoms with Crippen LogP contribution >= 0.6 is 0 Å². The van der Waals surface area contributed by atoms with Crippen LogP contribution in [0, 0.1) is 0 Å². The minimum Gasteiger partial charge on any atom is -0.481 e. The summed E-state index contributed by atoms with van der Waals surface area (Å²) in [4.78, 5) is 8.35. The molecule has 0 bridgehead atoms. The van der Waals surface area contributed by atoms with Crippen molar-refractivity contribution in [1.29, 1.82) is 0 Å². The van der Waals surface area contributed by atoms with Gasteiger partial charge in [-0.25, -0.2) is 4.98 Å². The molecular weight excluding hydrogens is 196 g/mol. The first-order valence-electron chi connectivity index (χ1n) is 4.56. The molecule has 0 aliphatic heterocycles. The van der Waals surface area contributed by atoms with Crippen LogP contribution in [0.2, 0.25) is 0 Å². The molecule has 3 N–H and O–H groups in total. The Kier molecular flexibility index (Phi) is 3.84. The molecular formula is C9H14N4O2. The van der Waals surface area contributed by atoms with E-state index in [1.807, 2.05) is 6.92 Å². The minimum atomic E-state index is 0.109. The van der Waals surface area contributed by atoms with Crippen LogP contribution in [0.5, 0.6) is 5.88 Å². The van der Waals surface area contributed by atoms with Crippen molar-refractivity contribution < 1.29 is 9.94 Å². The molecule has 15 heavy (non-hydrogen) atoms. The van der Waals surface area contributed by atoms with Crippen LogP contribution in [0.3, 0.4) is 0 Å². The maximum absolute atomic E-state index is 8.44. The second-order valence-electron chi connectivity index (χ2n) is 2.94.